The van der Waals surface area contributed by atoms with Crippen molar-refractivity contribution in [3.05, 3.63) is 59.9 Å². The molecule has 0 aliphatic carbocycles. The molecule has 81 valence electrons. The summed E-state index contributed by atoms with van der Waals surface area (Å²) in [6.45, 7) is 0. The van der Waals surface area contributed by atoms with Crippen LogP contribution in [0.25, 0.3) is 0 Å². The second kappa shape index (κ2) is 4.26. The highest BCUT2D eigenvalue weighted by Crippen LogP contribution is 2.25. The first-order chi connectivity index (χ1) is 7.66. The summed E-state index contributed by atoms with van der Waals surface area (Å²) >= 11 is 0. The van der Waals surface area contributed by atoms with E-state index in [1.165, 1.54) is 24.3 Å². The lowest BCUT2D eigenvalue weighted by atomic mass is 10.3. The van der Waals surface area contributed by atoms with E-state index < -0.39 is 17.5 Å². The summed E-state index contributed by atoms with van der Waals surface area (Å²) in [5, 5.41) is 0. The molecule has 0 bridgehead atoms. The summed E-state index contributed by atoms with van der Waals surface area (Å²) in [6.07, 6.45) is 0. The van der Waals surface area contributed by atoms with Crippen molar-refractivity contribution in [2.24, 2.45) is 0 Å². The molecule has 0 aliphatic heterocycles. The molecule has 0 N–H and O–H groups in total. The van der Waals surface area contributed by atoms with Gasteiger partial charge in [0.25, 0.3) is 0 Å². The smallest absolute Gasteiger partial charge is 0.201 e. The largest absolute Gasteiger partial charge is 0.454 e. The second-order valence-corrected chi connectivity index (χ2v) is 3.03. The quantitative estimate of drug-likeness (QED) is 0.754. The van der Waals surface area contributed by atoms with Crippen LogP contribution in [0.3, 0.4) is 0 Å². The van der Waals surface area contributed by atoms with Crippen LogP contribution in [-0.4, -0.2) is 0 Å². The first-order valence-corrected chi connectivity index (χ1v) is 4.46. The van der Waals surface area contributed by atoms with Crippen LogP contribution >= 0.6 is 0 Å². The summed E-state index contributed by atoms with van der Waals surface area (Å²) in [5.41, 5.74) is 0. The van der Waals surface area contributed by atoms with E-state index in [4.69, 9.17) is 4.74 Å². The molecule has 16 heavy (non-hydrogen) atoms. The van der Waals surface area contributed by atoms with E-state index in [0.29, 0.717) is 0 Å². The van der Waals surface area contributed by atoms with Crippen LogP contribution in [0.5, 0.6) is 11.5 Å². The number of hydrogen-bond donors (Lipinski definition) is 0. The highest BCUT2D eigenvalue weighted by atomic mass is 19.2. The Morgan fingerprint density at radius 3 is 2.62 bits per heavy atom. The lowest BCUT2D eigenvalue weighted by Gasteiger charge is -2.06. The van der Waals surface area contributed by atoms with Crippen LogP contribution in [0.15, 0.2) is 36.4 Å². The molecular weight excluding hydrogens is 217 g/mol. The van der Waals surface area contributed by atoms with Gasteiger partial charge in [0.1, 0.15) is 11.6 Å². The fourth-order valence-electron chi connectivity index (χ4n) is 1.17. The Morgan fingerprint density at radius 1 is 1.06 bits per heavy atom. The van der Waals surface area contributed by atoms with E-state index in [2.05, 4.69) is 6.07 Å². The molecule has 0 aromatic heterocycles. The molecule has 2 aromatic carbocycles. The Bertz CT molecular complexity index is 511. The van der Waals surface area contributed by atoms with Gasteiger partial charge in [0, 0.05) is 12.1 Å². The lowest BCUT2D eigenvalue weighted by Crippen LogP contribution is -1.91. The zero-order chi connectivity index (χ0) is 11.5. The Labute approximate surface area is 90.1 Å². The minimum Gasteiger partial charge on any atom is -0.454 e. The molecule has 2 aromatic rings. The first-order valence-electron chi connectivity index (χ1n) is 4.46. The van der Waals surface area contributed by atoms with E-state index in [-0.39, 0.29) is 11.5 Å². The topological polar surface area (TPSA) is 9.23 Å². The summed E-state index contributed by atoms with van der Waals surface area (Å²) in [4.78, 5) is 0. The fourth-order valence-corrected chi connectivity index (χ4v) is 1.17. The fraction of sp³-hybridized carbons (Fsp3) is 0. The van der Waals surface area contributed by atoms with Crippen molar-refractivity contribution in [2.45, 2.75) is 0 Å². The third-order valence-electron chi connectivity index (χ3n) is 1.88. The zero-order valence-electron chi connectivity index (χ0n) is 8.01. The summed E-state index contributed by atoms with van der Waals surface area (Å²) in [5.74, 6) is -2.95. The minimum atomic E-state index is -1.10. The average Bonchev–Trinajstić information content (AvgIpc) is 2.25. The third-order valence-corrected chi connectivity index (χ3v) is 1.88. The van der Waals surface area contributed by atoms with Gasteiger partial charge in [0.15, 0.2) is 11.6 Å². The monoisotopic (exact) mass is 223 g/mol. The highest BCUT2D eigenvalue weighted by Gasteiger charge is 2.09. The van der Waals surface area contributed by atoms with E-state index in [1.54, 1.807) is 0 Å². The van der Waals surface area contributed by atoms with Gasteiger partial charge in [-0.1, -0.05) is 6.07 Å². The molecule has 0 aliphatic rings. The van der Waals surface area contributed by atoms with Crippen LogP contribution in [0.4, 0.5) is 13.2 Å². The molecule has 0 heterocycles. The standard InChI is InChI=1S/C12H6F3O/c13-8-3-1-4-9(7-8)16-11-6-2-5-10(14)12(11)15/h1-2,4-7H. The third kappa shape index (κ3) is 2.16. The Morgan fingerprint density at radius 2 is 1.88 bits per heavy atom. The van der Waals surface area contributed by atoms with Crippen molar-refractivity contribution >= 4 is 0 Å². The lowest BCUT2D eigenvalue weighted by molar-refractivity contribution is 0.414. The van der Waals surface area contributed by atoms with Gasteiger partial charge >= 0.3 is 0 Å². The van der Waals surface area contributed by atoms with Gasteiger partial charge in [0.2, 0.25) is 5.82 Å². The molecular formula is C12H6F3O. The molecule has 2 rings (SSSR count). The Hall–Kier alpha value is -1.97. The zero-order valence-corrected chi connectivity index (χ0v) is 8.01. The molecule has 0 saturated heterocycles. The van der Waals surface area contributed by atoms with Gasteiger partial charge < -0.3 is 4.74 Å². The Kier molecular flexibility index (Phi) is 2.81. The minimum absolute atomic E-state index is 0.0840. The number of hydrogen-bond acceptors (Lipinski definition) is 1. The van der Waals surface area contributed by atoms with Crippen LogP contribution in [-0.2, 0) is 0 Å². The molecule has 4 heteroatoms. The summed E-state index contributed by atoms with van der Waals surface area (Å²) in [6, 6.07) is 9.53. The van der Waals surface area contributed by atoms with Gasteiger partial charge in [-0.25, -0.2) is 8.78 Å². The molecule has 1 nitrogen and oxygen atoms in total. The second-order valence-electron chi connectivity index (χ2n) is 3.03. The van der Waals surface area contributed by atoms with E-state index in [0.717, 1.165) is 12.1 Å². The predicted octanol–water partition coefficient (Wildman–Crippen LogP) is 3.70. The summed E-state index contributed by atoms with van der Waals surface area (Å²) in [7, 11) is 0. The van der Waals surface area contributed by atoms with Crippen molar-refractivity contribution in [2.75, 3.05) is 0 Å². The maximum absolute atomic E-state index is 13.2. The molecule has 0 saturated carbocycles. The highest BCUT2D eigenvalue weighted by molar-refractivity contribution is 5.32. The summed E-state index contributed by atoms with van der Waals surface area (Å²) < 4.78 is 43.8. The molecule has 1 radical (unpaired) electrons. The van der Waals surface area contributed by atoms with Crippen molar-refractivity contribution in [3.8, 4) is 11.5 Å². The molecule has 0 atom stereocenters. The van der Waals surface area contributed by atoms with E-state index in [1.807, 2.05) is 0 Å². The van der Waals surface area contributed by atoms with Gasteiger partial charge in [-0.2, -0.15) is 4.39 Å². The predicted molar refractivity (Wildman–Crippen MR) is 51.7 cm³/mol. The van der Waals surface area contributed by atoms with Crippen LogP contribution in [0.1, 0.15) is 0 Å². The molecule has 0 amide bonds. The molecule has 0 fully saturated rings. The van der Waals surface area contributed by atoms with Crippen LogP contribution in [0, 0.1) is 23.5 Å². The number of halogens is 3. The maximum atomic E-state index is 13.2. The number of rotatable bonds is 2. The van der Waals surface area contributed by atoms with Gasteiger partial charge in [-0.3, -0.25) is 0 Å². The van der Waals surface area contributed by atoms with E-state index in [9.17, 15) is 13.2 Å². The molecule has 0 unspecified atom stereocenters. The van der Waals surface area contributed by atoms with Crippen LogP contribution < -0.4 is 4.74 Å². The average molecular weight is 223 g/mol. The van der Waals surface area contributed by atoms with Crippen molar-refractivity contribution in [1.82, 2.24) is 0 Å². The van der Waals surface area contributed by atoms with Gasteiger partial charge in [-0.05, 0) is 24.3 Å². The number of ether oxygens (including phenoxy) is 1. The normalized spacial score (nSPS) is 10.2. The van der Waals surface area contributed by atoms with Crippen molar-refractivity contribution < 1.29 is 17.9 Å². The van der Waals surface area contributed by atoms with E-state index >= 15 is 0 Å². The van der Waals surface area contributed by atoms with Crippen LogP contribution in [0.2, 0.25) is 0 Å². The SMILES string of the molecule is Fc1[c]ccc(Oc2cccc(F)c2F)c1. The maximum Gasteiger partial charge on any atom is 0.201 e. The number of benzene rings is 2. The van der Waals surface area contributed by atoms with Crippen molar-refractivity contribution in [1.29, 1.82) is 0 Å². The van der Waals surface area contributed by atoms with Gasteiger partial charge in [-0.15, -0.1) is 0 Å². The van der Waals surface area contributed by atoms with Crippen molar-refractivity contribution in [3.63, 3.8) is 0 Å². The van der Waals surface area contributed by atoms with Gasteiger partial charge in [0.05, 0.1) is 0 Å². The first kappa shape index (κ1) is 10.5. The molecule has 0 spiro atoms. The Balaban J connectivity index is 2.31.